The lowest BCUT2D eigenvalue weighted by molar-refractivity contribution is 0.204. The van der Waals surface area contributed by atoms with E-state index < -0.39 is 0 Å². The zero-order chi connectivity index (χ0) is 33.3. The van der Waals surface area contributed by atoms with Gasteiger partial charge in [0.25, 0.3) is 0 Å². The first-order valence-electron chi connectivity index (χ1n) is 19.2. The van der Waals surface area contributed by atoms with E-state index in [-0.39, 0.29) is 0 Å². The SMILES string of the molecule is N[C@H]1CC[C@H](Nc2nc(NN3CCC(CCCCCN(Cc4ccccc4)Cc4ccccc4)CC3)c3ncn(C4CCCC4)c3n2)CC1. The van der Waals surface area contributed by atoms with Crippen LogP contribution in [-0.4, -0.2) is 61.1 Å². The predicted molar refractivity (Wildman–Crippen MR) is 200 cm³/mol. The summed E-state index contributed by atoms with van der Waals surface area (Å²) in [4.78, 5) is 17.5. The molecule has 9 nitrogen and oxygen atoms in total. The topological polar surface area (TPSA) is 100 Å². The van der Waals surface area contributed by atoms with E-state index in [1.165, 1.54) is 75.3 Å². The molecule has 0 radical (unpaired) electrons. The Morgan fingerprint density at radius 3 is 2.10 bits per heavy atom. The molecule has 2 saturated carbocycles. The number of anilines is 2. The van der Waals surface area contributed by atoms with Crippen LogP contribution < -0.4 is 16.5 Å². The quantitative estimate of drug-likeness (QED) is 0.110. The lowest BCUT2D eigenvalue weighted by atomic mass is 9.92. The van der Waals surface area contributed by atoms with Crippen molar-refractivity contribution in [3.8, 4) is 0 Å². The van der Waals surface area contributed by atoms with Gasteiger partial charge in [-0.2, -0.15) is 9.97 Å². The first-order chi connectivity index (χ1) is 24.2. The van der Waals surface area contributed by atoms with Crippen LogP contribution in [0.15, 0.2) is 67.0 Å². The predicted octanol–water partition coefficient (Wildman–Crippen LogP) is 7.92. The molecule has 2 aromatic heterocycles. The monoisotopic (exact) mass is 663 g/mol. The normalized spacial score (nSPS) is 21.1. The minimum Gasteiger partial charge on any atom is -0.351 e. The molecule has 9 heteroatoms. The van der Waals surface area contributed by atoms with Crippen molar-refractivity contribution in [2.75, 3.05) is 30.4 Å². The number of fused-ring (bicyclic) bond motifs is 1. The van der Waals surface area contributed by atoms with Gasteiger partial charge in [-0.3, -0.25) is 4.90 Å². The van der Waals surface area contributed by atoms with Crippen LogP contribution in [0.4, 0.5) is 11.8 Å². The Morgan fingerprint density at radius 2 is 1.43 bits per heavy atom. The maximum absolute atomic E-state index is 6.19. The summed E-state index contributed by atoms with van der Waals surface area (Å²) < 4.78 is 2.31. The minimum absolute atomic E-state index is 0.325. The Balaban J connectivity index is 0.899. The number of nitrogens with zero attached hydrogens (tertiary/aromatic N) is 6. The Hall–Kier alpha value is -3.53. The highest BCUT2D eigenvalue weighted by Gasteiger charge is 2.26. The van der Waals surface area contributed by atoms with E-state index in [1.54, 1.807) is 0 Å². The van der Waals surface area contributed by atoms with Crippen molar-refractivity contribution in [2.24, 2.45) is 11.7 Å². The molecule has 4 aromatic rings. The number of nitrogens with one attached hydrogen (secondary N) is 2. The largest absolute Gasteiger partial charge is 0.351 e. The molecule has 2 aliphatic carbocycles. The van der Waals surface area contributed by atoms with Gasteiger partial charge in [0.15, 0.2) is 17.0 Å². The van der Waals surface area contributed by atoms with Gasteiger partial charge in [0, 0.05) is 44.3 Å². The molecule has 4 N–H and O–H groups in total. The standard InChI is InChI=1S/C40H57N9/c41-34-19-21-35(22-20-34)43-40-44-38(37-39(45-40)49(30-42-37)36-17-9-10-18-36)46-48-26-23-31(24-27-48)12-8-3-11-25-47(28-32-13-4-1-5-14-32)29-33-15-6-2-7-16-33/h1-2,4-7,13-16,30-31,34-36H,3,8-12,17-29,41H2,(H2,43,44,45,46)/t34-,35-. The fourth-order valence-corrected chi connectivity index (χ4v) is 8.28. The number of piperidine rings is 1. The molecule has 0 bridgehead atoms. The van der Waals surface area contributed by atoms with E-state index in [9.17, 15) is 0 Å². The summed E-state index contributed by atoms with van der Waals surface area (Å²) in [6.07, 6.45) is 18.9. The Bertz CT molecular complexity index is 1510. The number of hydrazine groups is 1. The van der Waals surface area contributed by atoms with Gasteiger partial charge < -0.3 is 21.0 Å². The average molecular weight is 664 g/mol. The van der Waals surface area contributed by atoms with Gasteiger partial charge in [-0.1, -0.05) is 92.8 Å². The smallest absolute Gasteiger partial charge is 0.227 e. The van der Waals surface area contributed by atoms with Crippen molar-refractivity contribution in [3.63, 3.8) is 0 Å². The zero-order valence-electron chi connectivity index (χ0n) is 29.4. The second-order valence-corrected chi connectivity index (χ2v) is 15.0. The van der Waals surface area contributed by atoms with Gasteiger partial charge in [0.1, 0.15) is 0 Å². The molecule has 0 unspecified atom stereocenters. The summed E-state index contributed by atoms with van der Waals surface area (Å²) >= 11 is 0. The van der Waals surface area contributed by atoms with E-state index in [2.05, 4.69) is 85.9 Å². The highest BCUT2D eigenvalue weighted by atomic mass is 15.5. The molecule has 49 heavy (non-hydrogen) atoms. The molecular weight excluding hydrogens is 607 g/mol. The lowest BCUT2D eigenvalue weighted by Gasteiger charge is -2.32. The lowest BCUT2D eigenvalue weighted by Crippen LogP contribution is -2.38. The summed E-state index contributed by atoms with van der Waals surface area (Å²) in [6, 6.07) is 23.0. The second-order valence-electron chi connectivity index (χ2n) is 15.0. The number of nitrogens with two attached hydrogens (primary N) is 1. The Labute approximate surface area is 293 Å². The molecule has 1 aliphatic heterocycles. The number of hydrogen-bond acceptors (Lipinski definition) is 8. The van der Waals surface area contributed by atoms with Crippen LogP contribution in [0.3, 0.4) is 0 Å². The van der Waals surface area contributed by atoms with Gasteiger partial charge in [0.05, 0.1) is 6.33 Å². The number of imidazole rings is 1. The third-order valence-electron chi connectivity index (χ3n) is 11.2. The second kappa shape index (κ2) is 16.9. The average Bonchev–Trinajstić information content (AvgIpc) is 3.82. The Kier molecular flexibility index (Phi) is 11.7. The first-order valence-corrected chi connectivity index (χ1v) is 19.2. The van der Waals surface area contributed by atoms with Crippen LogP contribution >= 0.6 is 0 Å². The number of hydrogen-bond donors (Lipinski definition) is 3. The molecule has 1 saturated heterocycles. The molecule has 0 atom stereocenters. The molecule has 3 aliphatic rings. The van der Waals surface area contributed by atoms with Crippen LogP contribution in [0.1, 0.15) is 107 Å². The van der Waals surface area contributed by atoms with Crippen LogP contribution in [0.5, 0.6) is 0 Å². The molecule has 3 fully saturated rings. The third kappa shape index (κ3) is 9.38. The van der Waals surface area contributed by atoms with Crippen molar-refractivity contribution in [3.05, 3.63) is 78.1 Å². The fourth-order valence-electron chi connectivity index (χ4n) is 8.28. The summed E-state index contributed by atoms with van der Waals surface area (Å²) in [6.45, 7) is 5.22. The van der Waals surface area contributed by atoms with Crippen molar-refractivity contribution in [1.29, 1.82) is 0 Å². The highest BCUT2D eigenvalue weighted by Crippen LogP contribution is 2.34. The number of rotatable bonds is 15. The van der Waals surface area contributed by atoms with Crippen LogP contribution in [0.25, 0.3) is 11.2 Å². The number of unbranched alkanes of at least 4 members (excludes halogenated alkanes) is 2. The molecular formula is C40H57N9. The number of benzene rings is 2. The fraction of sp³-hybridized carbons (Fsp3) is 0.575. The maximum atomic E-state index is 6.19. The van der Waals surface area contributed by atoms with Crippen LogP contribution in [0.2, 0.25) is 0 Å². The van der Waals surface area contributed by atoms with Gasteiger partial charge in [0.2, 0.25) is 5.95 Å². The summed E-state index contributed by atoms with van der Waals surface area (Å²) in [5.74, 6) is 2.35. The van der Waals surface area contributed by atoms with E-state index in [4.69, 9.17) is 20.7 Å². The van der Waals surface area contributed by atoms with Crippen LogP contribution in [0, 0.1) is 5.92 Å². The molecule has 0 amide bonds. The molecule has 7 rings (SSSR count). The highest BCUT2D eigenvalue weighted by molar-refractivity contribution is 5.84. The molecule has 0 spiro atoms. The van der Waals surface area contributed by atoms with Crippen molar-refractivity contribution in [2.45, 2.75) is 121 Å². The van der Waals surface area contributed by atoms with Crippen molar-refractivity contribution in [1.82, 2.24) is 29.4 Å². The first kappa shape index (κ1) is 33.9. The Morgan fingerprint density at radius 1 is 0.755 bits per heavy atom. The van der Waals surface area contributed by atoms with E-state index >= 15 is 0 Å². The van der Waals surface area contributed by atoms with Crippen molar-refractivity contribution >= 4 is 22.9 Å². The van der Waals surface area contributed by atoms with Gasteiger partial charge in [-0.05, 0) is 81.4 Å². The van der Waals surface area contributed by atoms with E-state index in [0.717, 1.165) is 87.3 Å². The summed E-state index contributed by atoms with van der Waals surface area (Å²) in [5.41, 5.74) is 14.5. The number of aromatic nitrogens is 4. The maximum Gasteiger partial charge on any atom is 0.227 e. The summed E-state index contributed by atoms with van der Waals surface area (Å²) in [5, 5.41) is 6.03. The molecule has 262 valence electrons. The molecule has 2 aromatic carbocycles. The van der Waals surface area contributed by atoms with Gasteiger partial charge in [-0.25, -0.2) is 9.99 Å². The van der Waals surface area contributed by atoms with E-state index in [0.29, 0.717) is 18.1 Å². The van der Waals surface area contributed by atoms with Crippen LogP contribution in [-0.2, 0) is 13.1 Å². The van der Waals surface area contributed by atoms with Gasteiger partial charge in [-0.15, -0.1) is 0 Å². The minimum atomic E-state index is 0.325. The molecule has 3 heterocycles. The van der Waals surface area contributed by atoms with Gasteiger partial charge >= 0.3 is 0 Å². The van der Waals surface area contributed by atoms with Crippen molar-refractivity contribution < 1.29 is 0 Å². The van der Waals surface area contributed by atoms with E-state index in [1.807, 2.05) is 6.33 Å². The third-order valence-corrected chi connectivity index (χ3v) is 11.2. The zero-order valence-corrected chi connectivity index (χ0v) is 29.4. The summed E-state index contributed by atoms with van der Waals surface area (Å²) in [7, 11) is 0.